The maximum atomic E-state index is 13.7. The topological polar surface area (TPSA) is 29.5 Å². The Balaban J connectivity index is 2.43. The van der Waals surface area contributed by atoms with Crippen molar-refractivity contribution in [1.29, 1.82) is 0 Å². The van der Waals surface area contributed by atoms with Crippen molar-refractivity contribution in [3.8, 4) is 11.5 Å². The standard InChI is InChI=1S/C14H11F3O2/c1-8(18)10-3-2-4-11(16)14(10)19-13-6-5-9(15)7-12(13)17/h2-8,18H,1H3. The molecule has 0 heterocycles. The number of hydrogen-bond acceptors (Lipinski definition) is 2. The summed E-state index contributed by atoms with van der Waals surface area (Å²) in [5.41, 5.74) is 0.184. The molecule has 100 valence electrons. The van der Waals surface area contributed by atoms with Crippen LogP contribution in [-0.4, -0.2) is 5.11 Å². The number of para-hydroxylation sites is 1. The van der Waals surface area contributed by atoms with E-state index in [-0.39, 0.29) is 17.1 Å². The van der Waals surface area contributed by atoms with Crippen molar-refractivity contribution in [1.82, 2.24) is 0 Å². The molecular weight excluding hydrogens is 257 g/mol. The molecule has 0 spiro atoms. The lowest BCUT2D eigenvalue weighted by molar-refractivity contribution is 0.194. The molecule has 2 aromatic carbocycles. The lowest BCUT2D eigenvalue weighted by Gasteiger charge is -2.14. The average Bonchev–Trinajstić information content (AvgIpc) is 2.34. The minimum atomic E-state index is -0.978. The average molecular weight is 268 g/mol. The molecule has 0 amide bonds. The second-order valence-corrected chi connectivity index (χ2v) is 4.01. The molecule has 2 nitrogen and oxygen atoms in total. The lowest BCUT2D eigenvalue weighted by Crippen LogP contribution is -2.00. The van der Waals surface area contributed by atoms with Gasteiger partial charge in [0.25, 0.3) is 0 Å². The Hall–Kier alpha value is -2.01. The van der Waals surface area contributed by atoms with Gasteiger partial charge in [-0.2, -0.15) is 0 Å². The largest absolute Gasteiger partial charge is 0.451 e. The maximum Gasteiger partial charge on any atom is 0.168 e. The Morgan fingerprint density at radius 3 is 2.42 bits per heavy atom. The normalized spacial score (nSPS) is 12.3. The number of ether oxygens (including phenoxy) is 1. The van der Waals surface area contributed by atoms with E-state index in [4.69, 9.17) is 4.74 Å². The van der Waals surface area contributed by atoms with Gasteiger partial charge in [-0.3, -0.25) is 0 Å². The van der Waals surface area contributed by atoms with Gasteiger partial charge in [-0.25, -0.2) is 13.2 Å². The van der Waals surface area contributed by atoms with Crippen LogP contribution in [0.5, 0.6) is 11.5 Å². The second kappa shape index (κ2) is 5.32. The maximum absolute atomic E-state index is 13.7. The highest BCUT2D eigenvalue weighted by Crippen LogP contribution is 2.33. The van der Waals surface area contributed by atoms with E-state index in [1.165, 1.54) is 19.1 Å². The molecule has 0 fully saturated rings. The van der Waals surface area contributed by atoms with Crippen molar-refractivity contribution in [2.75, 3.05) is 0 Å². The van der Waals surface area contributed by atoms with Crippen LogP contribution in [-0.2, 0) is 0 Å². The highest BCUT2D eigenvalue weighted by molar-refractivity contribution is 5.40. The quantitative estimate of drug-likeness (QED) is 0.913. The van der Waals surface area contributed by atoms with Crippen molar-refractivity contribution in [3.05, 3.63) is 59.4 Å². The van der Waals surface area contributed by atoms with Crippen LogP contribution in [0.15, 0.2) is 36.4 Å². The fourth-order valence-corrected chi connectivity index (χ4v) is 1.63. The Kier molecular flexibility index (Phi) is 3.76. The Bertz CT molecular complexity index is 597. The summed E-state index contributed by atoms with van der Waals surface area (Å²) in [5, 5.41) is 9.52. The van der Waals surface area contributed by atoms with E-state index in [0.29, 0.717) is 6.07 Å². The molecular formula is C14H11F3O2. The van der Waals surface area contributed by atoms with Crippen molar-refractivity contribution in [3.63, 3.8) is 0 Å². The van der Waals surface area contributed by atoms with E-state index in [1.54, 1.807) is 0 Å². The van der Waals surface area contributed by atoms with Crippen molar-refractivity contribution >= 4 is 0 Å². The number of aliphatic hydroxyl groups is 1. The predicted molar refractivity (Wildman–Crippen MR) is 63.5 cm³/mol. The molecule has 2 rings (SSSR count). The third-order valence-electron chi connectivity index (χ3n) is 2.55. The van der Waals surface area contributed by atoms with Gasteiger partial charge >= 0.3 is 0 Å². The SMILES string of the molecule is CC(O)c1cccc(F)c1Oc1ccc(F)cc1F. The molecule has 1 N–H and O–H groups in total. The molecule has 0 aromatic heterocycles. The Morgan fingerprint density at radius 2 is 1.79 bits per heavy atom. The van der Waals surface area contributed by atoms with Crippen LogP contribution in [0, 0.1) is 17.5 Å². The van der Waals surface area contributed by atoms with E-state index in [0.717, 1.165) is 18.2 Å². The van der Waals surface area contributed by atoms with Gasteiger partial charge in [0.1, 0.15) is 5.82 Å². The first-order valence-corrected chi connectivity index (χ1v) is 5.58. The van der Waals surface area contributed by atoms with Gasteiger partial charge in [-0.1, -0.05) is 12.1 Å². The van der Waals surface area contributed by atoms with E-state index < -0.39 is 23.6 Å². The third kappa shape index (κ3) is 2.88. The fraction of sp³-hybridized carbons (Fsp3) is 0.143. The van der Waals surface area contributed by atoms with Crippen LogP contribution >= 0.6 is 0 Å². The van der Waals surface area contributed by atoms with E-state index in [2.05, 4.69) is 0 Å². The van der Waals surface area contributed by atoms with Crippen molar-refractivity contribution in [2.45, 2.75) is 13.0 Å². The van der Waals surface area contributed by atoms with Crippen LogP contribution in [0.4, 0.5) is 13.2 Å². The minimum Gasteiger partial charge on any atom is -0.451 e. The van der Waals surface area contributed by atoms with Gasteiger partial charge < -0.3 is 9.84 Å². The highest BCUT2D eigenvalue weighted by Gasteiger charge is 2.16. The predicted octanol–water partition coefficient (Wildman–Crippen LogP) is 3.95. The lowest BCUT2D eigenvalue weighted by atomic mass is 10.1. The smallest absolute Gasteiger partial charge is 0.168 e. The zero-order chi connectivity index (χ0) is 14.0. The van der Waals surface area contributed by atoms with E-state index >= 15 is 0 Å². The number of aliphatic hydroxyl groups excluding tert-OH is 1. The zero-order valence-corrected chi connectivity index (χ0v) is 10.0. The summed E-state index contributed by atoms with van der Waals surface area (Å²) in [6.45, 7) is 1.43. The summed E-state index contributed by atoms with van der Waals surface area (Å²) in [7, 11) is 0. The second-order valence-electron chi connectivity index (χ2n) is 4.01. The van der Waals surface area contributed by atoms with Gasteiger partial charge in [0.15, 0.2) is 23.1 Å². The molecule has 1 unspecified atom stereocenters. The summed E-state index contributed by atoms with van der Waals surface area (Å²) in [6, 6.07) is 6.70. The molecule has 1 atom stereocenters. The monoisotopic (exact) mass is 268 g/mol. The zero-order valence-electron chi connectivity index (χ0n) is 10.0. The molecule has 0 aliphatic carbocycles. The molecule has 2 aromatic rings. The van der Waals surface area contributed by atoms with Crippen LogP contribution in [0.2, 0.25) is 0 Å². The highest BCUT2D eigenvalue weighted by atomic mass is 19.1. The first kappa shape index (κ1) is 13.4. The number of halogens is 3. The van der Waals surface area contributed by atoms with Gasteiger partial charge in [-0.15, -0.1) is 0 Å². The Labute approximate surface area is 108 Å². The van der Waals surface area contributed by atoms with E-state index in [1.807, 2.05) is 0 Å². The third-order valence-corrected chi connectivity index (χ3v) is 2.55. The van der Waals surface area contributed by atoms with E-state index in [9.17, 15) is 18.3 Å². The molecule has 0 bridgehead atoms. The number of benzene rings is 2. The van der Waals surface area contributed by atoms with Gasteiger partial charge in [0, 0.05) is 11.6 Å². The van der Waals surface area contributed by atoms with Gasteiger partial charge in [0.05, 0.1) is 6.10 Å². The van der Waals surface area contributed by atoms with Crippen molar-refractivity contribution < 1.29 is 23.0 Å². The molecule has 5 heteroatoms. The van der Waals surface area contributed by atoms with Crippen LogP contribution in [0.25, 0.3) is 0 Å². The molecule has 0 radical (unpaired) electrons. The summed E-state index contributed by atoms with van der Waals surface area (Å²) in [5.74, 6) is -3.02. The summed E-state index contributed by atoms with van der Waals surface area (Å²) < 4.78 is 45.0. The summed E-state index contributed by atoms with van der Waals surface area (Å²) in [6.07, 6.45) is -0.978. The number of rotatable bonds is 3. The van der Waals surface area contributed by atoms with Crippen LogP contribution < -0.4 is 4.74 Å². The number of hydrogen-bond donors (Lipinski definition) is 1. The molecule has 0 aliphatic heterocycles. The van der Waals surface area contributed by atoms with Gasteiger partial charge in [-0.05, 0) is 25.1 Å². The molecule has 0 aliphatic rings. The van der Waals surface area contributed by atoms with Crippen molar-refractivity contribution in [2.24, 2.45) is 0 Å². The van der Waals surface area contributed by atoms with Crippen LogP contribution in [0.1, 0.15) is 18.6 Å². The molecule has 0 saturated heterocycles. The summed E-state index contributed by atoms with van der Waals surface area (Å²) in [4.78, 5) is 0. The molecule has 19 heavy (non-hydrogen) atoms. The first-order chi connectivity index (χ1) is 8.99. The molecule has 0 saturated carbocycles. The summed E-state index contributed by atoms with van der Waals surface area (Å²) >= 11 is 0. The minimum absolute atomic E-state index is 0.184. The Morgan fingerprint density at radius 1 is 1.05 bits per heavy atom. The fourth-order valence-electron chi connectivity index (χ4n) is 1.63. The van der Waals surface area contributed by atoms with Crippen LogP contribution in [0.3, 0.4) is 0 Å². The van der Waals surface area contributed by atoms with Gasteiger partial charge in [0.2, 0.25) is 0 Å². The first-order valence-electron chi connectivity index (χ1n) is 5.58.